The van der Waals surface area contributed by atoms with Gasteiger partial charge in [0.1, 0.15) is 5.75 Å². The van der Waals surface area contributed by atoms with Crippen LogP contribution in [0.1, 0.15) is 35.8 Å². The van der Waals surface area contributed by atoms with Gasteiger partial charge >= 0.3 is 0 Å². The van der Waals surface area contributed by atoms with Crippen molar-refractivity contribution in [3.05, 3.63) is 87.3 Å². The van der Waals surface area contributed by atoms with Gasteiger partial charge in [-0.1, -0.05) is 41.9 Å². The van der Waals surface area contributed by atoms with Crippen molar-refractivity contribution in [2.75, 3.05) is 0 Å². The highest BCUT2D eigenvalue weighted by Gasteiger charge is 2.24. The summed E-state index contributed by atoms with van der Waals surface area (Å²) in [5.41, 5.74) is 1.69. The molecular formula is C23H23BClNO5. The van der Waals surface area contributed by atoms with E-state index in [4.69, 9.17) is 16.3 Å². The van der Waals surface area contributed by atoms with Gasteiger partial charge in [0.05, 0.1) is 6.20 Å². The van der Waals surface area contributed by atoms with Gasteiger partial charge in [-0.2, -0.15) is 0 Å². The molecule has 6 nitrogen and oxygen atoms in total. The molecule has 0 aliphatic heterocycles. The van der Waals surface area contributed by atoms with Crippen LogP contribution in [0.3, 0.4) is 0 Å². The van der Waals surface area contributed by atoms with Crippen molar-refractivity contribution in [2.24, 2.45) is 0 Å². The van der Waals surface area contributed by atoms with Gasteiger partial charge in [0, 0.05) is 28.3 Å². The lowest BCUT2D eigenvalue weighted by Crippen LogP contribution is -2.36. The standard InChI is InChI=1S/C23H23BClNO5/c1-14(10-16-6-4-3-5-7-16)26-13-21(31-23(24,29)30)20(12-22(26)28)19-11-17(25)8-9-18(19)15(2)27/h3-9,11-14,29-30H,10,24H2,1-2H3/t14-/m1/s1. The Bertz CT molecular complexity index is 1150. The number of rotatable bonds is 7. The van der Waals surface area contributed by atoms with Crippen LogP contribution in [0.2, 0.25) is 5.02 Å². The van der Waals surface area contributed by atoms with E-state index in [0.29, 0.717) is 22.6 Å². The molecule has 0 unspecified atom stereocenters. The summed E-state index contributed by atoms with van der Waals surface area (Å²) >= 11 is 6.13. The quantitative estimate of drug-likeness (QED) is 0.336. The van der Waals surface area contributed by atoms with Crippen molar-refractivity contribution < 1.29 is 19.7 Å². The average molecular weight is 440 g/mol. The molecule has 0 saturated carbocycles. The number of halogens is 1. The molecule has 1 atom stereocenters. The van der Waals surface area contributed by atoms with Gasteiger partial charge in [-0.3, -0.25) is 9.59 Å². The zero-order valence-electron chi connectivity index (χ0n) is 17.5. The number of Topliss-reactive ketones (excluding diaryl/α,β-unsaturated/α-hetero) is 1. The lowest BCUT2D eigenvalue weighted by atomic mass is 9.97. The molecule has 0 bridgehead atoms. The molecule has 3 aromatic rings. The lowest BCUT2D eigenvalue weighted by molar-refractivity contribution is -0.223. The molecule has 160 valence electrons. The van der Waals surface area contributed by atoms with Crippen LogP contribution in [0.5, 0.6) is 5.75 Å². The average Bonchev–Trinajstić information content (AvgIpc) is 2.68. The second-order valence-electron chi connectivity index (χ2n) is 7.62. The first-order valence-electron chi connectivity index (χ1n) is 9.80. The fraction of sp³-hybridized carbons (Fsp3) is 0.217. The number of hydrogen-bond acceptors (Lipinski definition) is 5. The van der Waals surface area contributed by atoms with E-state index in [9.17, 15) is 19.8 Å². The Labute approximate surface area is 186 Å². The topological polar surface area (TPSA) is 88.8 Å². The first-order valence-corrected chi connectivity index (χ1v) is 10.2. The molecular weight excluding hydrogens is 417 g/mol. The molecule has 0 saturated heterocycles. The van der Waals surface area contributed by atoms with Crippen LogP contribution in [-0.4, -0.2) is 34.3 Å². The predicted molar refractivity (Wildman–Crippen MR) is 122 cm³/mol. The van der Waals surface area contributed by atoms with Crippen molar-refractivity contribution in [2.45, 2.75) is 32.2 Å². The number of nitrogens with zero attached hydrogens (tertiary/aromatic N) is 1. The molecule has 3 rings (SSSR count). The smallest absolute Gasteiger partial charge is 0.266 e. The third kappa shape index (κ3) is 5.64. The fourth-order valence-corrected chi connectivity index (χ4v) is 3.65. The van der Waals surface area contributed by atoms with E-state index in [1.807, 2.05) is 37.3 Å². The van der Waals surface area contributed by atoms with E-state index in [2.05, 4.69) is 0 Å². The van der Waals surface area contributed by atoms with E-state index in [-0.39, 0.29) is 28.7 Å². The summed E-state index contributed by atoms with van der Waals surface area (Å²) in [6, 6.07) is 15.5. The molecule has 31 heavy (non-hydrogen) atoms. The summed E-state index contributed by atoms with van der Waals surface area (Å²) in [4.78, 5) is 25.1. The monoisotopic (exact) mass is 439 g/mol. The number of ether oxygens (including phenoxy) is 1. The Kier molecular flexibility index (Phi) is 6.69. The summed E-state index contributed by atoms with van der Waals surface area (Å²) in [7, 11) is 1.06. The second kappa shape index (κ2) is 9.10. The number of carbonyl (C=O) groups excluding carboxylic acids is 1. The molecule has 0 spiro atoms. The highest BCUT2D eigenvalue weighted by molar-refractivity contribution is 6.31. The van der Waals surface area contributed by atoms with E-state index in [0.717, 1.165) is 13.4 Å². The number of aliphatic hydroxyl groups is 2. The second-order valence-corrected chi connectivity index (χ2v) is 8.05. The number of ketones is 1. The van der Waals surface area contributed by atoms with Crippen LogP contribution in [0, 0.1) is 0 Å². The van der Waals surface area contributed by atoms with Gasteiger partial charge in [-0.05, 0) is 49.6 Å². The summed E-state index contributed by atoms with van der Waals surface area (Å²) < 4.78 is 6.82. The van der Waals surface area contributed by atoms with Gasteiger partial charge in [-0.25, -0.2) is 0 Å². The molecule has 1 aromatic heterocycles. The van der Waals surface area contributed by atoms with Crippen LogP contribution in [0.15, 0.2) is 65.6 Å². The molecule has 0 amide bonds. The van der Waals surface area contributed by atoms with E-state index < -0.39 is 5.87 Å². The Morgan fingerprint density at radius 3 is 2.45 bits per heavy atom. The first kappa shape index (κ1) is 22.8. The highest BCUT2D eigenvalue weighted by atomic mass is 35.5. The zero-order chi connectivity index (χ0) is 22.8. The summed E-state index contributed by atoms with van der Waals surface area (Å²) in [6.45, 7) is 3.29. The van der Waals surface area contributed by atoms with Crippen molar-refractivity contribution in [1.29, 1.82) is 0 Å². The SMILES string of the molecule is BC(O)(O)Oc1cn([C@H](C)Cc2ccccc2)c(=O)cc1-c1cc(Cl)ccc1C(C)=O. The van der Waals surface area contributed by atoms with Crippen LogP contribution < -0.4 is 10.3 Å². The van der Waals surface area contributed by atoms with Crippen LogP contribution in [-0.2, 0) is 6.42 Å². The van der Waals surface area contributed by atoms with Gasteiger partial charge in [0.2, 0.25) is 7.85 Å². The minimum absolute atomic E-state index is 0.0387. The molecule has 0 radical (unpaired) electrons. The van der Waals surface area contributed by atoms with E-state index in [1.165, 1.54) is 23.8 Å². The first-order chi connectivity index (χ1) is 14.5. The van der Waals surface area contributed by atoms with Crippen LogP contribution in [0.4, 0.5) is 0 Å². The summed E-state index contributed by atoms with van der Waals surface area (Å²) in [5.74, 6) is -2.68. The van der Waals surface area contributed by atoms with Gasteiger partial charge in [0.15, 0.2) is 5.78 Å². The van der Waals surface area contributed by atoms with Gasteiger partial charge in [0.25, 0.3) is 11.4 Å². The predicted octanol–water partition coefficient (Wildman–Crippen LogP) is 2.78. The molecule has 2 aromatic carbocycles. The van der Waals surface area contributed by atoms with Gasteiger partial charge < -0.3 is 19.5 Å². The Hall–Kier alpha value is -2.87. The Balaban J connectivity index is 2.15. The fourth-order valence-electron chi connectivity index (χ4n) is 3.47. The minimum atomic E-state index is -2.49. The molecule has 0 aliphatic carbocycles. The highest BCUT2D eigenvalue weighted by Crippen LogP contribution is 2.35. The van der Waals surface area contributed by atoms with E-state index in [1.54, 1.807) is 18.2 Å². The maximum absolute atomic E-state index is 13.0. The van der Waals surface area contributed by atoms with Crippen molar-refractivity contribution in [3.8, 4) is 16.9 Å². The summed E-state index contributed by atoms with van der Waals surface area (Å²) in [5, 5.41) is 20.1. The largest absolute Gasteiger partial charge is 0.446 e. The maximum Gasteiger partial charge on any atom is 0.266 e. The number of hydrogen-bond donors (Lipinski definition) is 2. The molecule has 0 fully saturated rings. The summed E-state index contributed by atoms with van der Waals surface area (Å²) in [6.07, 6.45) is 2.02. The molecule has 1 heterocycles. The molecule has 8 heteroatoms. The molecule has 2 N–H and O–H groups in total. The van der Waals surface area contributed by atoms with Crippen molar-refractivity contribution >= 4 is 25.2 Å². The maximum atomic E-state index is 13.0. The number of carbonyl (C=O) groups is 1. The van der Waals surface area contributed by atoms with Crippen molar-refractivity contribution in [3.63, 3.8) is 0 Å². The third-order valence-electron chi connectivity index (χ3n) is 4.85. The Morgan fingerprint density at radius 2 is 1.84 bits per heavy atom. The Morgan fingerprint density at radius 1 is 1.16 bits per heavy atom. The number of benzene rings is 2. The lowest BCUT2D eigenvalue weighted by Gasteiger charge is -2.24. The van der Waals surface area contributed by atoms with Crippen molar-refractivity contribution in [1.82, 2.24) is 4.57 Å². The van der Waals surface area contributed by atoms with Gasteiger partial charge in [-0.15, -0.1) is 0 Å². The zero-order valence-corrected chi connectivity index (χ0v) is 18.3. The normalized spacial score (nSPS) is 12.4. The van der Waals surface area contributed by atoms with Crippen LogP contribution >= 0.6 is 11.6 Å². The number of aromatic nitrogens is 1. The number of pyridine rings is 1. The van der Waals surface area contributed by atoms with E-state index >= 15 is 0 Å². The molecule has 0 aliphatic rings. The minimum Gasteiger partial charge on any atom is -0.446 e. The third-order valence-corrected chi connectivity index (χ3v) is 5.08. The van der Waals surface area contributed by atoms with Crippen LogP contribution in [0.25, 0.3) is 11.1 Å².